The average molecular weight is 427 g/mol. The largest absolute Gasteiger partial charge is 0.396 e. The first-order chi connectivity index (χ1) is 15.5. The van der Waals surface area contributed by atoms with Crippen LogP contribution >= 0.6 is 0 Å². The highest BCUT2D eigenvalue weighted by atomic mass is 19.1. The first-order valence-corrected chi connectivity index (χ1v) is 10.6. The van der Waals surface area contributed by atoms with Crippen LogP contribution in [0.15, 0.2) is 66.9 Å². The van der Waals surface area contributed by atoms with Crippen molar-refractivity contribution in [2.24, 2.45) is 0 Å². The van der Waals surface area contributed by atoms with Crippen molar-refractivity contribution in [2.45, 2.75) is 25.7 Å². The molecule has 160 valence electrons. The summed E-state index contributed by atoms with van der Waals surface area (Å²) in [5, 5.41) is 2.74. The number of nitrogen functional groups attached to an aromatic ring is 1. The van der Waals surface area contributed by atoms with Crippen LogP contribution in [0.3, 0.4) is 0 Å². The van der Waals surface area contributed by atoms with Crippen molar-refractivity contribution in [3.63, 3.8) is 0 Å². The second-order valence-corrected chi connectivity index (χ2v) is 8.07. The number of hydrogen-bond acceptors (Lipinski definition) is 3. The molecule has 0 fully saturated rings. The molecular weight excluding hydrogens is 405 g/mol. The van der Waals surface area contributed by atoms with Crippen molar-refractivity contribution in [1.82, 2.24) is 4.40 Å². The molecule has 0 saturated heterocycles. The van der Waals surface area contributed by atoms with Crippen LogP contribution < -0.4 is 11.1 Å². The van der Waals surface area contributed by atoms with E-state index in [0.29, 0.717) is 16.8 Å². The Hall–Kier alpha value is -3.93. The maximum absolute atomic E-state index is 13.5. The van der Waals surface area contributed by atoms with E-state index in [-0.39, 0.29) is 22.7 Å². The number of nitrogens with zero attached hydrogens (tertiary/aromatic N) is 1. The van der Waals surface area contributed by atoms with Crippen LogP contribution in [-0.2, 0) is 12.8 Å². The van der Waals surface area contributed by atoms with Gasteiger partial charge in [0.25, 0.3) is 5.91 Å². The lowest BCUT2D eigenvalue weighted by molar-refractivity contribution is 0.102. The van der Waals surface area contributed by atoms with E-state index < -0.39 is 11.7 Å². The van der Waals surface area contributed by atoms with Gasteiger partial charge in [-0.15, -0.1) is 0 Å². The molecule has 0 radical (unpaired) electrons. The highest BCUT2D eigenvalue weighted by molar-refractivity contribution is 6.20. The minimum absolute atomic E-state index is 0.124. The van der Waals surface area contributed by atoms with Gasteiger partial charge in [-0.1, -0.05) is 18.2 Å². The molecule has 1 aliphatic rings. The van der Waals surface area contributed by atoms with Gasteiger partial charge >= 0.3 is 0 Å². The Morgan fingerprint density at radius 2 is 1.69 bits per heavy atom. The van der Waals surface area contributed by atoms with Crippen LogP contribution in [-0.4, -0.2) is 16.1 Å². The van der Waals surface area contributed by atoms with E-state index in [1.54, 1.807) is 28.8 Å². The highest BCUT2D eigenvalue weighted by Gasteiger charge is 2.26. The molecular formula is C26H22FN3O2. The zero-order chi connectivity index (χ0) is 22.2. The number of fused-ring (bicyclic) bond motifs is 2. The van der Waals surface area contributed by atoms with E-state index >= 15 is 0 Å². The second kappa shape index (κ2) is 7.96. The lowest BCUT2D eigenvalue weighted by Gasteiger charge is -2.16. The molecule has 5 nitrogen and oxygen atoms in total. The van der Waals surface area contributed by atoms with Crippen molar-refractivity contribution >= 4 is 28.6 Å². The number of nitrogens with one attached hydrogen (secondary N) is 1. The van der Waals surface area contributed by atoms with E-state index in [1.165, 1.54) is 41.8 Å². The summed E-state index contributed by atoms with van der Waals surface area (Å²) in [5.41, 5.74) is 11.0. The molecule has 0 unspecified atom stereocenters. The third kappa shape index (κ3) is 3.43. The summed E-state index contributed by atoms with van der Waals surface area (Å²) in [6.45, 7) is 0. The van der Waals surface area contributed by atoms with Gasteiger partial charge in [0.05, 0.1) is 16.8 Å². The molecule has 0 saturated carbocycles. The van der Waals surface area contributed by atoms with Gasteiger partial charge in [0.15, 0.2) is 0 Å². The number of hydrogen-bond donors (Lipinski definition) is 2. The van der Waals surface area contributed by atoms with Gasteiger partial charge in [-0.05, 0) is 79.3 Å². The SMILES string of the molecule is Nc1c(C(=O)Nc2ccc(F)cc2)c2ccccn2c1C(=O)c1ccc2c(c1)CCCC2. The minimum atomic E-state index is -0.456. The third-order valence-electron chi connectivity index (χ3n) is 6.04. The number of carbonyl (C=O) groups excluding carboxylic acids is 2. The Labute approximate surface area is 184 Å². The first-order valence-electron chi connectivity index (χ1n) is 10.6. The first kappa shape index (κ1) is 20.0. The summed E-state index contributed by atoms with van der Waals surface area (Å²) in [6.07, 6.45) is 6.02. The number of nitrogens with two attached hydrogens (primary N) is 1. The van der Waals surface area contributed by atoms with Crippen LogP contribution in [0, 0.1) is 5.82 Å². The molecule has 32 heavy (non-hydrogen) atoms. The summed E-state index contributed by atoms with van der Waals surface area (Å²) in [4.78, 5) is 26.6. The van der Waals surface area contributed by atoms with Gasteiger partial charge in [0, 0.05) is 17.4 Å². The summed E-state index contributed by atoms with van der Waals surface area (Å²) < 4.78 is 14.9. The van der Waals surface area contributed by atoms with E-state index in [4.69, 9.17) is 5.73 Å². The van der Waals surface area contributed by atoms with Gasteiger partial charge in [-0.2, -0.15) is 0 Å². The maximum Gasteiger partial charge on any atom is 0.259 e. The van der Waals surface area contributed by atoms with Gasteiger partial charge in [0.2, 0.25) is 5.78 Å². The van der Waals surface area contributed by atoms with Crippen LogP contribution in [0.4, 0.5) is 15.8 Å². The van der Waals surface area contributed by atoms with Crippen molar-refractivity contribution in [1.29, 1.82) is 0 Å². The zero-order valence-corrected chi connectivity index (χ0v) is 17.4. The number of pyridine rings is 1. The van der Waals surface area contributed by atoms with E-state index in [2.05, 4.69) is 5.32 Å². The van der Waals surface area contributed by atoms with Gasteiger partial charge in [0.1, 0.15) is 11.5 Å². The Balaban J connectivity index is 1.57. The number of benzene rings is 2. The molecule has 4 aromatic rings. The molecule has 0 aliphatic heterocycles. The van der Waals surface area contributed by atoms with E-state index in [1.807, 2.05) is 18.2 Å². The number of aryl methyl sites for hydroxylation is 2. The van der Waals surface area contributed by atoms with Crippen LogP contribution in [0.2, 0.25) is 0 Å². The van der Waals surface area contributed by atoms with Crippen molar-refractivity contribution in [3.8, 4) is 0 Å². The monoisotopic (exact) mass is 427 g/mol. The molecule has 0 bridgehead atoms. The van der Waals surface area contributed by atoms with Crippen molar-refractivity contribution in [2.75, 3.05) is 11.1 Å². The van der Waals surface area contributed by atoms with Crippen LogP contribution in [0.25, 0.3) is 5.52 Å². The Bertz CT molecular complexity index is 1360. The topological polar surface area (TPSA) is 76.6 Å². The molecule has 1 amide bonds. The standard InChI is InChI=1S/C26H22FN3O2/c27-19-10-12-20(13-11-19)29-26(32)22-21-7-3-4-14-30(21)24(23(22)28)25(31)18-9-8-16-5-1-2-6-17(16)15-18/h3-4,7-15H,1-2,5-6,28H2,(H,29,32). The Morgan fingerprint density at radius 3 is 2.47 bits per heavy atom. The number of amides is 1. The minimum Gasteiger partial charge on any atom is -0.396 e. The van der Waals surface area contributed by atoms with Crippen LogP contribution in [0.1, 0.15) is 50.4 Å². The molecule has 5 rings (SSSR count). The number of rotatable bonds is 4. The number of anilines is 2. The number of aromatic nitrogens is 1. The summed E-state index contributed by atoms with van der Waals surface area (Å²) in [5.74, 6) is -1.07. The van der Waals surface area contributed by atoms with E-state index in [9.17, 15) is 14.0 Å². The summed E-state index contributed by atoms with van der Waals surface area (Å²) >= 11 is 0. The van der Waals surface area contributed by atoms with Gasteiger partial charge in [-0.3, -0.25) is 9.59 Å². The fourth-order valence-electron chi connectivity index (χ4n) is 4.44. The predicted octanol–water partition coefficient (Wildman–Crippen LogP) is 5.02. The lowest BCUT2D eigenvalue weighted by Crippen LogP contribution is -2.14. The molecule has 2 aromatic carbocycles. The number of carbonyl (C=O) groups is 2. The number of ketones is 1. The van der Waals surface area contributed by atoms with Crippen molar-refractivity contribution < 1.29 is 14.0 Å². The Kier molecular flexibility index (Phi) is 4.98. The third-order valence-corrected chi connectivity index (χ3v) is 6.04. The Morgan fingerprint density at radius 1 is 0.938 bits per heavy atom. The zero-order valence-electron chi connectivity index (χ0n) is 17.4. The van der Waals surface area contributed by atoms with Crippen molar-refractivity contribution in [3.05, 3.63) is 101 Å². The predicted molar refractivity (Wildman–Crippen MR) is 123 cm³/mol. The molecule has 1 aliphatic carbocycles. The molecule has 6 heteroatoms. The van der Waals surface area contributed by atoms with Gasteiger partial charge < -0.3 is 15.5 Å². The normalized spacial score (nSPS) is 13.0. The lowest BCUT2D eigenvalue weighted by atomic mass is 9.89. The summed E-state index contributed by atoms with van der Waals surface area (Å²) in [6, 6.07) is 16.6. The van der Waals surface area contributed by atoms with Gasteiger partial charge in [-0.25, -0.2) is 4.39 Å². The molecule has 2 aromatic heterocycles. The maximum atomic E-state index is 13.5. The fourth-order valence-corrected chi connectivity index (χ4v) is 4.44. The fraction of sp³-hybridized carbons (Fsp3) is 0.154. The number of halogens is 1. The molecule has 3 N–H and O–H groups in total. The highest BCUT2D eigenvalue weighted by Crippen LogP contribution is 2.30. The average Bonchev–Trinajstić information content (AvgIpc) is 3.11. The molecule has 0 atom stereocenters. The van der Waals surface area contributed by atoms with Crippen LogP contribution in [0.5, 0.6) is 0 Å². The van der Waals surface area contributed by atoms with E-state index in [0.717, 1.165) is 19.3 Å². The molecule has 2 heterocycles. The quantitative estimate of drug-likeness (QED) is 0.449. The summed E-state index contributed by atoms with van der Waals surface area (Å²) in [7, 11) is 0. The molecule has 0 spiro atoms. The second-order valence-electron chi connectivity index (χ2n) is 8.07. The smallest absolute Gasteiger partial charge is 0.259 e.